The van der Waals surface area contributed by atoms with Crippen molar-refractivity contribution in [3.05, 3.63) is 17.0 Å². The Balaban J connectivity index is 2.22. The zero-order valence-corrected chi connectivity index (χ0v) is 12.1. The Labute approximate surface area is 112 Å². The molecule has 1 saturated carbocycles. The number of nitrogens with zero attached hydrogens (tertiary/aromatic N) is 1. The van der Waals surface area contributed by atoms with Gasteiger partial charge in [0.15, 0.2) is 0 Å². The molecule has 2 rings (SSSR count). The van der Waals surface area contributed by atoms with Gasteiger partial charge in [-0.05, 0) is 38.3 Å². The molecule has 1 aliphatic rings. The topological polar surface area (TPSA) is 57.6 Å². The minimum atomic E-state index is -3.37. The summed E-state index contributed by atoms with van der Waals surface area (Å²) in [5.74, 6) is 0. The highest BCUT2D eigenvalue weighted by molar-refractivity contribution is 7.91. The second-order valence-corrected chi connectivity index (χ2v) is 8.05. The van der Waals surface area contributed by atoms with Crippen molar-refractivity contribution in [2.45, 2.75) is 42.9 Å². The summed E-state index contributed by atoms with van der Waals surface area (Å²) >= 11 is 1.32. The Morgan fingerprint density at radius 2 is 2.17 bits per heavy atom. The van der Waals surface area contributed by atoms with Crippen LogP contribution in [0.15, 0.2) is 16.3 Å². The number of rotatable bonds is 6. The van der Waals surface area contributed by atoms with Gasteiger partial charge in [-0.1, -0.05) is 6.42 Å². The molecule has 0 atom stereocenters. The van der Waals surface area contributed by atoms with Crippen molar-refractivity contribution < 1.29 is 13.5 Å². The van der Waals surface area contributed by atoms with E-state index in [1.54, 1.807) is 10.4 Å². The van der Waals surface area contributed by atoms with E-state index in [4.69, 9.17) is 5.11 Å². The minimum absolute atomic E-state index is 0.0300. The quantitative estimate of drug-likeness (QED) is 0.871. The Kier molecular flexibility index (Phi) is 4.42. The molecule has 0 spiro atoms. The fourth-order valence-electron chi connectivity index (χ4n) is 2.07. The number of sulfonamides is 1. The summed E-state index contributed by atoms with van der Waals surface area (Å²) in [5.41, 5.74) is 0. The first-order valence-electron chi connectivity index (χ1n) is 6.25. The van der Waals surface area contributed by atoms with E-state index in [0.717, 1.165) is 24.1 Å². The van der Waals surface area contributed by atoms with E-state index >= 15 is 0 Å². The highest BCUT2D eigenvalue weighted by atomic mass is 32.2. The molecular formula is C12H19NO3S2. The number of aryl methyl sites for hydroxylation is 1. The third-order valence-corrected chi connectivity index (χ3v) is 6.72. The van der Waals surface area contributed by atoms with Crippen molar-refractivity contribution in [3.8, 4) is 0 Å². The third kappa shape index (κ3) is 2.77. The molecule has 0 aromatic carbocycles. The molecule has 102 valence electrons. The van der Waals surface area contributed by atoms with Crippen LogP contribution >= 0.6 is 11.3 Å². The van der Waals surface area contributed by atoms with Gasteiger partial charge < -0.3 is 5.11 Å². The van der Waals surface area contributed by atoms with Crippen LogP contribution in [0.3, 0.4) is 0 Å². The Morgan fingerprint density at radius 3 is 2.61 bits per heavy atom. The van der Waals surface area contributed by atoms with Crippen molar-refractivity contribution in [3.63, 3.8) is 0 Å². The zero-order valence-electron chi connectivity index (χ0n) is 10.5. The van der Waals surface area contributed by atoms with Gasteiger partial charge in [0.2, 0.25) is 0 Å². The lowest BCUT2D eigenvalue weighted by molar-refractivity contribution is 0.199. The second-order valence-electron chi connectivity index (χ2n) is 4.64. The van der Waals surface area contributed by atoms with Gasteiger partial charge in [-0.15, -0.1) is 11.3 Å². The summed E-state index contributed by atoms with van der Waals surface area (Å²) in [6, 6.07) is 3.65. The van der Waals surface area contributed by atoms with E-state index in [1.165, 1.54) is 11.3 Å². The molecule has 1 N–H and O–H groups in total. The maximum atomic E-state index is 12.5. The summed E-state index contributed by atoms with van der Waals surface area (Å²) < 4.78 is 27.1. The van der Waals surface area contributed by atoms with Gasteiger partial charge in [0.25, 0.3) is 10.0 Å². The lowest BCUT2D eigenvalue weighted by Crippen LogP contribution is -2.44. The second kappa shape index (κ2) is 5.69. The Bertz CT molecular complexity index is 491. The van der Waals surface area contributed by atoms with E-state index in [0.29, 0.717) is 17.2 Å². The van der Waals surface area contributed by atoms with Crippen LogP contribution in [0.4, 0.5) is 0 Å². The molecule has 1 aliphatic carbocycles. The van der Waals surface area contributed by atoms with Gasteiger partial charge >= 0.3 is 0 Å². The molecule has 6 heteroatoms. The van der Waals surface area contributed by atoms with Gasteiger partial charge in [0.05, 0.1) is 0 Å². The summed E-state index contributed by atoms with van der Waals surface area (Å²) in [6.45, 7) is 2.35. The molecule has 4 nitrogen and oxygen atoms in total. The predicted molar refractivity (Wildman–Crippen MR) is 72.3 cm³/mol. The van der Waals surface area contributed by atoms with Crippen LogP contribution in [0.25, 0.3) is 0 Å². The van der Waals surface area contributed by atoms with Crippen molar-refractivity contribution in [2.75, 3.05) is 13.2 Å². The number of thiophene rings is 1. The third-order valence-electron chi connectivity index (χ3n) is 3.30. The highest BCUT2D eigenvalue weighted by Gasteiger charge is 2.35. The maximum absolute atomic E-state index is 12.5. The van der Waals surface area contributed by atoms with E-state index in [9.17, 15) is 8.42 Å². The smallest absolute Gasteiger partial charge is 0.252 e. The van der Waals surface area contributed by atoms with Crippen LogP contribution in [-0.2, 0) is 10.0 Å². The first-order valence-corrected chi connectivity index (χ1v) is 8.50. The standard InChI is InChI=1S/C12H19NO3S2/c1-10-6-7-12(17-10)18(15,16)13(8-3-9-14)11-4-2-5-11/h6-7,11,14H,2-5,8-9H2,1H3. The highest BCUT2D eigenvalue weighted by Crippen LogP contribution is 2.32. The first-order chi connectivity index (χ1) is 8.55. The Morgan fingerprint density at radius 1 is 1.44 bits per heavy atom. The average molecular weight is 289 g/mol. The zero-order chi connectivity index (χ0) is 13.2. The fourth-order valence-corrected chi connectivity index (χ4v) is 5.20. The van der Waals surface area contributed by atoms with Crippen LogP contribution < -0.4 is 0 Å². The maximum Gasteiger partial charge on any atom is 0.252 e. The van der Waals surface area contributed by atoms with Gasteiger partial charge in [-0.3, -0.25) is 0 Å². The summed E-state index contributed by atoms with van der Waals surface area (Å²) in [4.78, 5) is 1.00. The van der Waals surface area contributed by atoms with Crippen LogP contribution in [0, 0.1) is 6.92 Å². The molecule has 0 aliphatic heterocycles. The van der Waals surface area contributed by atoms with Crippen molar-refractivity contribution >= 4 is 21.4 Å². The van der Waals surface area contributed by atoms with E-state index in [2.05, 4.69) is 0 Å². The summed E-state index contributed by atoms with van der Waals surface area (Å²) in [7, 11) is -3.37. The molecule has 0 saturated heterocycles. The molecule has 0 radical (unpaired) electrons. The van der Waals surface area contributed by atoms with Gasteiger partial charge in [-0.2, -0.15) is 4.31 Å². The number of hydrogen-bond donors (Lipinski definition) is 1. The van der Waals surface area contributed by atoms with E-state index in [1.807, 2.05) is 13.0 Å². The van der Waals surface area contributed by atoms with Crippen LogP contribution in [0.2, 0.25) is 0 Å². The fraction of sp³-hybridized carbons (Fsp3) is 0.667. The summed E-state index contributed by atoms with van der Waals surface area (Å²) in [6.07, 6.45) is 3.48. The molecule has 1 aromatic rings. The SMILES string of the molecule is Cc1ccc(S(=O)(=O)N(CCCO)C2CCC2)s1. The molecule has 0 bridgehead atoms. The lowest BCUT2D eigenvalue weighted by Gasteiger charge is -2.36. The average Bonchev–Trinajstić information content (AvgIpc) is 2.68. The molecule has 1 aromatic heterocycles. The number of aliphatic hydroxyl groups is 1. The van der Waals surface area contributed by atoms with E-state index in [-0.39, 0.29) is 12.6 Å². The summed E-state index contributed by atoms with van der Waals surface area (Å²) in [5, 5.41) is 8.91. The largest absolute Gasteiger partial charge is 0.396 e. The van der Waals surface area contributed by atoms with Gasteiger partial charge in [0, 0.05) is 24.1 Å². The van der Waals surface area contributed by atoms with Crippen molar-refractivity contribution in [2.24, 2.45) is 0 Å². The lowest BCUT2D eigenvalue weighted by atomic mass is 9.93. The molecule has 1 heterocycles. The normalized spacial score (nSPS) is 17.1. The van der Waals surface area contributed by atoms with Gasteiger partial charge in [0.1, 0.15) is 4.21 Å². The number of aliphatic hydroxyl groups excluding tert-OH is 1. The molecule has 1 fully saturated rings. The first kappa shape index (κ1) is 14.0. The minimum Gasteiger partial charge on any atom is -0.396 e. The number of hydrogen-bond acceptors (Lipinski definition) is 4. The molecule has 0 amide bonds. The predicted octanol–water partition coefficient (Wildman–Crippen LogP) is 1.98. The Hall–Kier alpha value is -0.430. The molecular weight excluding hydrogens is 270 g/mol. The van der Waals surface area contributed by atoms with Crippen LogP contribution in [0.5, 0.6) is 0 Å². The van der Waals surface area contributed by atoms with E-state index < -0.39 is 10.0 Å². The monoisotopic (exact) mass is 289 g/mol. The van der Waals surface area contributed by atoms with Gasteiger partial charge in [-0.25, -0.2) is 8.42 Å². The van der Waals surface area contributed by atoms with Crippen LogP contribution in [-0.4, -0.2) is 37.0 Å². The molecule has 18 heavy (non-hydrogen) atoms. The van der Waals surface area contributed by atoms with Crippen molar-refractivity contribution in [1.29, 1.82) is 0 Å². The van der Waals surface area contributed by atoms with Crippen LogP contribution in [0.1, 0.15) is 30.6 Å². The van der Waals surface area contributed by atoms with Crippen molar-refractivity contribution in [1.82, 2.24) is 4.31 Å². The molecule has 0 unspecified atom stereocenters.